The van der Waals surface area contributed by atoms with Crippen molar-refractivity contribution in [1.29, 1.82) is 0 Å². The number of nitrogen functional groups attached to an aromatic ring is 2. The molecular weight excluding hydrogens is 488 g/mol. The largest absolute Gasteiger partial charge is 0.387 e. The van der Waals surface area contributed by atoms with Crippen LogP contribution in [0.2, 0.25) is 0 Å². The molecule has 4 heterocycles. The van der Waals surface area contributed by atoms with E-state index in [-0.39, 0.29) is 24.8 Å². The lowest BCUT2D eigenvalue weighted by molar-refractivity contribution is -0.0898. The van der Waals surface area contributed by atoms with Crippen LogP contribution in [0.3, 0.4) is 0 Å². The molecule has 8 atom stereocenters. The molecule has 18 heteroatoms. The van der Waals surface area contributed by atoms with E-state index in [1.165, 1.54) is 24.5 Å². The third kappa shape index (κ3) is 5.12. The number of anilines is 2. The van der Waals surface area contributed by atoms with Crippen LogP contribution < -0.4 is 22.8 Å². The predicted octanol–water partition coefficient (Wildman–Crippen LogP) is -3.78. The summed E-state index contributed by atoms with van der Waals surface area (Å²) in [5, 5.41) is 47.3. The molecule has 0 bridgehead atoms. The highest BCUT2D eigenvalue weighted by molar-refractivity contribution is 5.24. The second kappa shape index (κ2) is 10.5. The highest BCUT2D eigenvalue weighted by atomic mass is 16.7. The molecule has 8 N–H and O–H groups in total. The lowest BCUT2D eigenvalue weighted by Gasteiger charge is -2.16. The van der Waals surface area contributed by atoms with Crippen LogP contribution in [-0.2, 0) is 19.1 Å². The van der Waals surface area contributed by atoms with Gasteiger partial charge in [0.15, 0.2) is 12.5 Å². The molecule has 0 saturated carbocycles. The second-order valence-corrected chi connectivity index (χ2v) is 7.93. The zero-order valence-corrected chi connectivity index (χ0v) is 18.4. The fourth-order valence-corrected chi connectivity index (χ4v) is 3.69. The molecule has 2 aliphatic rings. The van der Waals surface area contributed by atoms with Gasteiger partial charge < -0.3 is 51.0 Å². The van der Waals surface area contributed by atoms with Gasteiger partial charge in [0, 0.05) is 12.4 Å². The molecule has 2 saturated heterocycles. The Morgan fingerprint density at radius 3 is 1.53 bits per heavy atom. The first-order chi connectivity index (χ1) is 17.2. The van der Waals surface area contributed by atoms with Crippen molar-refractivity contribution in [3.05, 3.63) is 45.5 Å². The number of nitrogens with zero attached hydrogens (tertiary/aromatic N) is 6. The molecule has 0 aliphatic carbocycles. The van der Waals surface area contributed by atoms with Crippen molar-refractivity contribution in [1.82, 2.24) is 19.1 Å². The van der Waals surface area contributed by atoms with Crippen LogP contribution in [0.25, 0.3) is 0 Å². The molecule has 0 spiro atoms. The Kier molecular flexibility index (Phi) is 7.43. The SMILES string of the molecule is Nc1ccn([C@@H]2O[C@H](CON=NOC[C@H]3O[C@@H](n4ccc(N)nc4=O)[C@H](O)[C@@H]3O)[C@@H](O)[C@H]2O)c(=O)n1. The molecular formula is C18H24N8O10. The van der Waals surface area contributed by atoms with Crippen molar-refractivity contribution >= 4 is 11.6 Å². The fourth-order valence-electron chi connectivity index (χ4n) is 3.69. The number of aromatic nitrogens is 4. The Morgan fingerprint density at radius 2 is 1.17 bits per heavy atom. The normalized spacial score (nSPS) is 32.2. The minimum Gasteiger partial charge on any atom is -0.387 e. The standard InChI is InChI=1S/C18H24N8O10/c19-9-1-3-25(17(31)21-9)15-13(29)11(27)7(35-15)5-33-23-24-34-6-8-12(28)14(30)16(36-8)26-4-2-10(20)22-18(26)32/h1-4,7-8,11-16,27-30H,5-6H2,(H2,19,21,31)(H2,20,22,32)/t7-,8-,11-,12-,13-,14-,15-,16-/m1/s1. The lowest BCUT2D eigenvalue weighted by Crippen LogP contribution is -2.36. The lowest BCUT2D eigenvalue weighted by atomic mass is 10.1. The van der Waals surface area contributed by atoms with Crippen LogP contribution in [0, 0.1) is 0 Å². The average Bonchev–Trinajstić information content (AvgIpc) is 3.27. The van der Waals surface area contributed by atoms with Crippen molar-refractivity contribution in [3.63, 3.8) is 0 Å². The van der Waals surface area contributed by atoms with Crippen LogP contribution in [-0.4, -0.2) is 89.4 Å². The van der Waals surface area contributed by atoms with E-state index in [2.05, 4.69) is 20.5 Å². The quantitative estimate of drug-likeness (QED) is 0.146. The number of hydrogen-bond acceptors (Lipinski definition) is 16. The smallest absolute Gasteiger partial charge is 0.351 e. The summed E-state index contributed by atoms with van der Waals surface area (Å²) >= 11 is 0. The minimum atomic E-state index is -1.46. The van der Waals surface area contributed by atoms with Gasteiger partial charge in [0.05, 0.1) is 10.6 Å². The van der Waals surface area contributed by atoms with Gasteiger partial charge >= 0.3 is 11.4 Å². The van der Waals surface area contributed by atoms with Crippen LogP contribution in [0.1, 0.15) is 12.5 Å². The summed E-state index contributed by atoms with van der Waals surface area (Å²) in [4.78, 5) is 40.8. The van der Waals surface area contributed by atoms with Crippen molar-refractivity contribution in [2.24, 2.45) is 10.6 Å². The Bertz CT molecular complexity index is 1120. The van der Waals surface area contributed by atoms with E-state index in [0.29, 0.717) is 0 Å². The van der Waals surface area contributed by atoms with Gasteiger partial charge in [-0.2, -0.15) is 9.97 Å². The zero-order chi connectivity index (χ0) is 26.0. The van der Waals surface area contributed by atoms with Gasteiger partial charge in [0.25, 0.3) is 0 Å². The first-order valence-electron chi connectivity index (χ1n) is 10.5. The van der Waals surface area contributed by atoms with Gasteiger partial charge in [-0.25, -0.2) is 9.59 Å². The van der Waals surface area contributed by atoms with E-state index in [9.17, 15) is 30.0 Å². The van der Waals surface area contributed by atoms with E-state index in [4.69, 9.17) is 30.6 Å². The Labute approximate surface area is 200 Å². The van der Waals surface area contributed by atoms with E-state index in [1.807, 2.05) is 0 Å². The molecule has 36 heavy (non-hydrogen) atoms. The first-order valence-corrected chi connectivity index (χ1v) is 10.5. The molecule has 4 rings (SSSR count). The first kappa shape index (κ1) is 25.4. The van der Waals surface area contributed by atoms with Crippen molar-refractivity contribution in [2.45, 2.75) is 49.1 Å². The summed E-state index contributed by atoms with van der Waals surface area (Å²) in [5.41, 5.74) is 9.32. The van der Waals surface area contributed by atoms with Crippen molar-refractivity contribution < 1.29 is 39.6 Å². The van der Waals surface area contributed by atoms with Crippen molar-refractivity contribution in [2.75, 3.05) is 24.7 Å². The van der Waals surface area contributed by atoms with Gasteiger partial charge in [-0.15, -0.1) is 0 Å². The van der Waals surface area contributed by atoms with E-state index >= 15 is 0 Å². The van der Waals surface area contributed by atoms with E-state index < -0.39 is 60.5 Å². The third-order valence-electron chi connectivity index (χ3n) is 5.55. The Balaban J connectivity index is 1.25. The molecule has 2 aliphatic heterocycles. The van der Waals surface area contributed by atoms with Crippen molar-refractivity contribution in [3.8, 4) is 0 Å². The van der Waals surface area contributed by atoms with Crippen LogP contribution >= 0.6 is 0 Å². The summed E-state index contributed by atoms with van der Waals surface area (Å²) in [7, 11) is 0. The Morgan fingerprint density at radius 1 is 0.778 bits per heavy atom. The van der Waals surface area contributed by atoms with E-state index in [0.717, 1.165) is 9.13 Å². The van der Waals surface area contributed by atoms with Gasteiger partial charge in [0.1, 0.15) is 61.5 Å². The predicted molar refractivity (Wildman–Crippen MR) is 114 cm³/mol. The fraction of sp³-hybridized carbons (Fsp3) is 0.556. The molecule has 0 unspecified atom stereocenters. The zero-order valence-electron chi connectivity index (χ0n) is 18.4. The molecule has 0 amide bonds. The second-order valence-electron chi connectivity index (χ2n) is 7.93. The van der Waals surface area contributed by atoms with Gasteiger partial charge in [0.2, 0.25) is 0 Å². The van der Waals surface area contributed by atoms with Crippen LogP contribution in [0.4, 0.5) is 11.6 Å². The molecule has 2 aromatic rings. The summed E-state index contributed by atoms with van der Waals surface area (Å²) in [5.74, 6) is -0.0254. The molecule has 0 radical (unpaired) electrons. The highest BCUT2D eigenvalue weighted by Crippen LogP contribution is 2.29. The number of aliphatic hydroxyl groups excluding tert-OH is 4. The van der Waals surface area contributed by atoms with Crippen LogP contribution in [0.15, 0.2) is 44.7 Å². The minimum absolute atomic E-state index is 0.0127. The summed E-state index contributed by atoms with van der Waals surface area (Å²) < 4.78 is 12.9. The average molecular weight is 512 g/mol. The maximum absolute atomic E-state index is 12.0. The van der Waals surface area contributed by atoms with Gasteiger partial charge in [-0.3, -0.25) is 9.13 Å². The summed E-state index contributed by atoms with van der Waals surface area (Å²) in [6.07, 6.45) is -7.82. The summed E-state index contributed by atoms with van der Waals surface area (Å²) in [6.45, 7) is -0.732. The Hall–Kier alpha value is -3.68. The molecule has 196 valence electrons. The van der Waals surface area contributed by atoms with Crippen LogP contribution in [0.5, 0.6) is 0 Å². The molecule has 18 nitrogen and oxygen atoms in total. The maximum atomic E-state index is 12.0. The van der Waals surface area contributed by atoms with Gasteiger partial charge in [-0.1, -0.05) is 0 Å². The molecule has 2 aromatic heterocycles. The number of nitrogens with two attached hydrogens (primary N) is 2. The monoisotopic (exact) mass is 512 g/mol. The van der Waals surface area contributed by atoms with E-state index in [1.54, 1.807) is 0 Å². The number of ether oxygens (including phenoxy) is 2. The van der Waals surface area contributed by atoms with Gasteiger partial charge in [-0.05, 0) is 12.1 Å². The molecule has 0 aromatic carbocycles. The number of hydrogen-bond donors (Lipinski definition) is 6. The topological polar surface area (TPSA) is 264 Å². The highest BCUT2D eigenvalue weighted by Gasteiger charge is 2.45. The maximum Gasteiger partial charge on any atom is 0.351 e. The summed E-state index contributed by atoms with van der Waals surface area (Å²) in [6, 6.07) is 2.66. The molecule has 2 fully saturated rings. The third-order valence-corrected chi connectivity index (χ3v) is 5.55. The number of rotatable bonds is 8. The number of aliphatic hydroxyl groups is 4.